The number of benzene rings is 2. The highest BCUT2D eigenvalue weighted by Crippen LogP contribution is 2.25. The molecule has 0 aliphatic rings. The Labute approximate surface area is 133 Å². The Bertz CT molecular complexity index is 854. The van der Waals surface area contributed by atoms with Crippen molar-refractivity contribution in [1.82, 2.24) is 0 Å². The van der Waals surface area contributed by atoms with Crippen LogP contribution in [0.25, 0.3) is 20.2 Å². The van der Waals surface area contributed by atoms with Gasteiger partial charge < -0.3 is 9.64 Å². The molecule has 0 aliphatic carbocycles. The molecule has 4 heteroatoms. The average molecular weight is 314 g/mol. The molecule has 0 bridgehead atoms. The molecule has 0 radical (unpaired) electrons. The number of hydrogen-bond donors (Lipinski definition) is 1. The van der Waals surface area contributed by atoms with Gasteiger partial charge >= 0.3 is 0 Å². The number of rotatable bonds is 5. The van der Waals surface area contributed by atoms with Gasteiger partial charge in [-0.05, 0) is 29.8 Å². The Morgan fingerprint density at radius 1 is 1.05 bits per heavy atom. The lowest BCUT2D eigenvalue weighted by atomic mass is 10.1. The van der Waals surface area contributed by atoms with Crippen LogP contribution in [0.5, 0.6) is 0 Å². The molecule has 0 spiro atoms. The van der Waals surface area contributed by atoms with Gasteiger partial charge in [-0.15, -0.1) is 11.3 Å². The fraction of sp³-hybridized carbons (Fsp3) is 0.278. The minimum atomic E-state index is 0.115. The van der Waals surface area contributed by atoms with E-state index in [1.807, 2.05) is 36.4 Å². The molecule has 0 amide bonds. The predicted octanol–water partition coefficient (Wildman–Crippen LogP) is 2.08. The molecule has 2 aromatic carbocycles. The first-order valence-corrected chi connectivity index (χ1v) is 8.28. The molecule has 0 unspecified atom stereocenters. The van der Waals surface area contributed by atoms with Gasteiger partial charge in [0.15, 0.2) is 5.43 Å². The van der Waals surface area contributed by atoms with E-state index in [1.165, 1.54) is 4.90 Å². The smallest absolute Gasteiger partial charge is 0.195 e. The molecule has 0 atom stereocenters. The zero-order chi connectivity index (χ0) is 15.5. The van der Waals surface area contributed by atoms with Gasteiger partial charge in [-0.1, -0.05) is 18.2 Å². The summed E-state index contributed by atoms with van der Waals surface area (Å²) in [7, 11) is 4.21. The Hall–Kier alpha value is -1.75. The van der Waals surface area contributed by atoms with Crippen LogP contribution in [0.2, 0.25) is 0 Å². The van der Waals surface area contributed by atoms with Crippen LogP contribution < -0.4 is 10.3 Å². The summed E-state index contributed by atoms with van der Waals surface area (Å²) >= 11 is 1.66. The summed E-state index contributed by atoms with van der Waals surface area (Å²) in [6.07, 6.45) is 0. The van der Waals surface area contributed by atoms with Gasteiger partial charge in [0.1, 0.15) is 6.54 Å². The zero-order valence-corrected chi connectivity index (χ0v) is 13.7. The molecule has 0 saturated heterocycles. The largest absolute Gasteiger partial charge is 0.371 e. The minimum absolute atomic E-state index is 0.115. The van der Waals surface area contributed by atoms with Crippen LogP contribution >= 0.6 is 11.3 Å². The number of nitrogens with one attached hydrogen (secondary N) is 1. The van der Waals surface area contributed by atoms with E-state index >= 15 is 0 Å². The molecule has 114 valence electrons. The predicted molar refractivity (Wildman–Crippen MR) is 92.9 cm³/mol. The highest BCUT2D eigenvalue weighted by molar-refractivity contribution is 7.24. The number of hydrogen-bond acceptors (Lipinski definition) is 3. The van der Waals surface area contributed by atoms with Crippen LogP contribution in [-0.2, 0) is 11.3 Å². The van der Waals surface area contributed by atoms with Crippen molar-refractivity contribution in [3.05, 3.63) is 58.3 Å². The van der Waals surface area contributed by atoms with Crippen molar-refractivity contribution in [2.75, 3.05) is 27.2 Å². The molecule has 0 fully saturated rings. The molecule has 1 heterocycles. The molecular formula is C18H20NO2S+. The maximum Gasteiger partial charge on any atom is 0.195 e. The quantitative estimate of drug-likeness (QED) is 0.577. The molecule has 22 heavy (non-hydrogen) atoms. The summed E-state index contributed by atoms with van der Waals surface area (Å²) in [5.41, 5.74) is 1.17. The molecule has 1 N–H and O–H groups in total. The third-order valence-corrected chi connectivity index (χ3v) is 4.81. The van der Waals surface area contributed by atoms with E-state index in [-0.39, 0.29) is 5.43 Å². The summed E-state index contributed by atoms with van der Waals surface area (Å²) in [5, 5.41) is 1.59. The van der Waals surface area contributed by atoms with Gasteiger partial charge in [-0.3, -0.25) is 4.79 Å². The standard InChI is InChI=1S/C18H19NO2S/c1-19(2)9-10-21-12-13-7-8-17-15(11-13)18(20)14-5-3-4-6-16(14)22-17/h3-8,11H,9-10,12H2,1-2H3/p+1. The van der Waals surface area contributed by atoms with Gasteiger partial charge in [0.25, 0.3) is 0 Å². The maximum atomic E-state index is 12.6. The highest BCUT2D eigenvalue weighted by Gasteiger charge is 2.06. The summed E-state index contributed by atoms with van der Waals surface area (Å²) in [6.45, 7) is 2.26. The van der Waals surface area contributed by atoms with E-state index in [9.17, 15) is 4.79 Å². The molecule has 0 aliphatic heterocycles. The van der Waals surface area contributed by atoms with Crippen LogP contribution in [0.4, 0.5) is 0 Å². The molecule has 3 nitrogen and oxygen atoms in total. The van der Waals surface area contributed by atoms with Crippen LogP contribution in [-0.4, -0.2) is 27.2 Å². The Morgan fingerprint density at radius 2 is 1.82 bits per heavy atom. The summed E-state index contributed by atoms with van der Waals surface area (Å²) < 4.78 is 7.76. The number of fused-ring (bicyclic) bond motifs is 2. The van der Waals surface area contributed by atoms with E-state index < -0.39 is 0 Å². The van der Waals surface area contributed by atoms with Crippen molar-refractivity contribution in [2.45, 2.75) is 6.61 Å². The number of ether oxygens (including phenoxy) is 1. The third-order valence-electron chi connectivity index (χ3n) is 3.66. The second-order valence-corrected chi connectivity index (χ2v) is 6.85. The maximum absolute atomic E-state index is 12.6. The van der Waals surface area contributed by atoms with E-state index in [0.717, 1.165) is 38.9 Å². The fourth-order valence-corrected chi connectivity index (χ4v) is 3.46. The lowest BCUT2D eigenvalue weighted by Gasteiger charge is -2.08. The second-order valence-electron chi connectivity index (χ2n) is 5.77. The van der Waals surface area contributed by atoms with E-state index in [0.29, 0.717) is 6.61 Å². The van der Waals surface area contributed by atoms with Gasteiger partial charge in [0.2, 0.25) is 0 Å². The van der Waals surface area contributed by atoms with E-state index in [2.05, 4.69) is 20.2 Å². The third kappa shape index (κ3) is 3.19. The van der Waals surface area contributed by atoms with Crippen molar-refractivity contribution in [3.8, 4) is 0 Å². The monoisotopic (exact) mass is 314 g/mol. The fourth-order valence-electron chi connectivity index (χ4n) is 2.41. The first-order valence-electron chi connectivity index (χ1n) is 7.46. The average Bonchev–Trinajstić information content (AvgIpc) is 2.52. The van der Waals surface area contributed by atoms with Crippen molar-refractivity contribution in [2.24, 2.45) is 0 Å². The Kier molecular flexibility index (Phi) is 4.52. The molecule has 3 rings (SSSR count). The van der Waals surface area contributed by atoms with Crippen molar-refractivity contribution in [1.29, 1.82) is 0 Å². The second kappa shape index (κ2) is 6.57. The van der Waals surface area contributed by atoms with Crippen molar-refractivity contribution in [3.63, 3.8) is 0 Å². The number of quaternary nitrogens is 1. The highest BCUT2D eigenvalue weighted by atomic mass is 32.1. The van der Waals surface area contributed by atoms with Gasteiger partial charge in [0.05, 0.1) is 27.3 Å². The van der Waals surface area contributed by atoms with Crippen molar-refractivity contribution < 1.29 is 9.64 Å². The van der Waals surface area contributed by atoms with Gasteiger partial charge in [-0.25, -0.2) is 0 Å². The topological polar surface area (TPSA) is 30.7 Å². The molecular weight excluding hydrogens is 294 g/mol. The Morgan fingerprint density at radius 3 is 2.64 bits per heavy atom. The summed E-state index contributed by atoms with van der Waals surface area (Å²) in [5.74, 6) is 0. The van der Waals surface area contributed by atoms with Gasteiger partial charge in [0, 0.05) is 20.2 Å². The number of likely N-dealkylation sites (N-methyl/N-ethyl adjacent to an activating group) is 1. The lowest BCUT2D eigenvalue weighted by molar-refractivity contribution is -0.858. The normalized spacial score (nSPS) is 11.6. The first kappa shape index (κ1) is 15.2. The molecule has 0 saturated carbocycles. The van der Waals surface area contributed by atoms with Crippen LogP contribution in [0, 0.1) is 0 Å². The first-order chi connectivity index (χ1) is 10.6. The lowest BCUT2D eigenvalue weighted by Crippen LogP contribution is -3.06. The minimum Gasteiger partial charge on any atom is -0.371 e. The molecule has 1 aromatic heterocycles. The van der Waals surface area contributed by atoms with Gasteiger partial charge in [-0.2, -0.15) is 0 Å². The van der Waals surface area contributed by atoms with Crippen LogP contribution in [0.3, 0.4) is 0 Å². The van der Waals surface area contributed by atoms with E-state index in [4.69, 9.17) is 4.74 Å². The zero-order valence-electron chi connectivity index (χ0n) is 12.9. The van der Waals surface area contributed by atoms with Crippen LogP contribution in [0.15, 0.2) is 47.3 Å². The Balaban J connectivity index is 1.90. The summed E-state index contributed by atoms with van der Waals surface area (Å²) in [4.78, 5) is 14.0. The summed E-state index contributed by atoms with van der Waals surface area (Å²) in [6, 6.07) is 13.8. The molecule has 3 aromatic rings. The van der Waals surface area contributed by atoms with Crippen LogP contribution in [0.1, 0.15) is 5.56 Å². The SMILES string of the molecule is C[NH+](C)CCOCc1ccc2sc3ccccc3c(=O)c2c1. The van der Waals surface area contributed by atoms with Crippen molar-refractivity contribution >= 4 is 31.5 Å². The van der Waals surface area contributed by atoms with E-state index in [1.54, 1.807) is 11.3 Å².